The van der Waals surface area contributed by atoms with E-state index in [0.717, 1.165) is 17.8 Å². The van der Waals surface area contributed by atoms with E-state index in [1.807, 2.05) is 6.07 Å². The van der Waals surface area contributed by atoms with E-state index in [0.29, 0.717) is 5.41 Å². The summed E-state index contributed by atoms with van der Waals surface area (Å²) in [6, 6.07) is 10.5. The summed E-state index contributed by atoms with van der Waals surface area (Å²) < 4.78 is 0. The van der Waals surface area contributed by atoms with Gasteiger partial charge in [-0.1, -0.05) is 30.3 Å². The van der Waals surface area contributed by atoms with Gasteiger partial charge in [0.15, 0.2) is 0 Å². The van der Waals surface area contributed by atoms with Crippen molar-refractivity contribution in [2.24, 2.45) is 23.2 Å². The highest BCUT2D eigenvalue weighted by molar-refractivity contribution is 5.64. The number of carbonyl (C=O) groups excluding carboxylic acids is 1. The molecule has 0 radical (unpaired) electrons. The number of hydrogen-bond donors (Lipinski definition) is 0. The Hall–Kier alpha value is -1.11. The van der Waals surface area contributed by atoms with Gasteiger partial charge in [-0.05, 0) is 67.3 Å². The summed E-state index contributed by atoms with van der Waals surface area (Å²) in [5.74, 6) is 2.88. The maximum absolute atomic E-state index is 11.8. The van der Waals surface area contributed by atoms with Crippen LogP contribution in [0.1, 0.15) is 50.0 Å². The van der Waals surface area contributed by atoms with Crippen molar-refractivity contribution < 1.29 is 4.79 Å². The minimum Gasteiger partial charge on any atom is -0.303 e. The predicted molar refractivity (Wildman–Crippen MR) is 75.9 cm³/mol. The van der Waals surface area contributed by atoms with Crippen LogP contribution >= 0.6 is 0 Å². The molecule has 100 valence electrons. The molecule has 0 aromatic heterocycles. The van der Waals surface area contributed by atoms with E-state index < -0.39 is 0 Å². The van der Waals surface area contributed by atoms with Crippen LogP contribution in [0.25, 0.3) is 0 Å². The maximum Gasteiger partial charge on any atom is 0.128 e. The van der Waals surface area contributed by atoms with Gasteiger partial charge in [0, 0.05) is 5.92 Å². The van der Waals surface area contributed by atoms with Gasteiger partial charge in [-0.2, -0.15) is 0 Å². The van der Waals surface area contributed by atoms with Crippen molar-refractivity contribution >= 4 is 6.29 Å². The Morgan fingerprint density at radius 3 is 1.95 bits per heavy atom. The topological polar surface area (TPSA) is 17.1 Å². The molecule has 0 N–H and O–H groups in total. The molecule has 1 nitrogen and oxygen atoms in total. The van der Waals surface area contributed by atoms with Crippen molar-refractivity contribution in [1.82, 2.24) is 0 Å². The van der Waals surface area contributed by atoms with Gasteiger partial charge in [-0.25, -0.2) is 0 Å². The molecule has 1 atom stereocenters. The molecule has 5 rings (SSSR count). The van der Waals surface area contributed by atoms with E-state index in [1.165, 1.54) is 50.4 Å². The van der Waals surface area contributed by atoms with Gasteiger partial charge in [0.2, 0.25) is 0 Å². The summed E-state index contributed by atoms with van der Waals surface area (Å²) in [6.07, 6.45) is 9.49. The zero-order valence-corrected chi connectivity index (χ0v) is 11.4. The van der Waals surface area contributed by atoms with Crippen molar-refractivity contribution in [3.05, 3.63) is 35.9 Å². The standard InChI is InChI=1S/C18H22O/c19-12-17(16-4-2-1-3-5-16)18-9-13-6-14(10-18)8-15(7-13)11-18/h1-5,12-15,17H,6-11H2. The van der Waals surface area contributed by atoms with Crippen LogP contribution < -0.4 is 0 Å². The molecular formula is C18H22O. The first-order valence-electron chi connectivity index (χ1n) is 7.79. The second kappa shape index (κ2) is 4.19. The van der Waals surface area contributed by atoms with Gasteiger partial charge in [0.25, 0.3) is 0 Å². The first-order valence-corrected chi connectivity index (χ1v) is 7.79. The van der Waals surface area contributed by atoms with Crippen molar-refractivity contribution in [3.8, 4) is 0 Å². The fourth-order valence-corrected chi connectivity index (χ4v) is 5.80. The maximum atomic E-state index is 11.8. The molecule has 0 saturated heterocycles. The molecule has 4 fully saturated rings. The molecule has 1 aromatic rings. The first-order chi connectivity index (χ1) is 9.29. The fourth-order valence-electron chi connectivity index (χ4n) is 5.80. The van der Waals surface area contributed by atoms with Crippen LogP contribution in [0.15, 0.2) is 30.3 Å². The van der Waals surface area contributed by atoms with E-state index in [-0.39, 0.29) is 5.92 Å². The lowest BCUT2D eigenvalue weighted by atomic mass is 9.46. The molecule has 0 aliphatic heterocycles. The van der Waals surface area contributed by atoms with Crippen LogP contribution in [0, 0.1) is 23.2 Å². The molecule has 0 spiro atoms. The van der Waals surface area contributed by atoms with E-state index in [9.17, 15) is 4.79 Å². The minimum atomic E-state index is 0.141. The molecule has 0 amide bonds. The molecule has 1 aromatic carbocycles. The lowest BCUT2D eigenvalue weighted by molar-refractivity contribution is -0.120. The third-order valence-corrected chi connectivity index (χ3v) is 6.04. The smallest absolute Gasteiger partial charge is 0.128 e. The number of aldehydes is 1. The number of hydrogen-bond acceptors (Lipinski definition) is 1. The molecule has 4 saturated carbocycles. The van der Waals surface area contributed by atoms with Crippen molar-refractivity contribution in [2.45, 2.75) is 44.4 Å². The van der Waals surface area contributed by atoms with Crippen LogP contribution in [0.3, 0.4) is 0 Å². The quantitative estimate of drug-likeness (QED) is 0.739. The van der Waals surface area contributed by atoms with Crippen LogP contribution in [-0.4, -0.2) is 6.29 Å². The van der Waals surface area contributed by atoms with Crippen molar-refractivity contribution in [2.75, 3.05) is 0 Å². The average molecular weight is 254 g/mol. The highest BCUT2D eigenvalue weighted by Crippen LogP contribution is 2.64. The lowest BCUT2D eigenvalue weighted by Gasteiger charge is -2.58. The van der Waals surface area contributed by atoms with Crippen LogP contribution in [0.5, 0.6) is 0 Å². The highest BCUT2D eigenvalue weighted by Gasteiger charge is 2.54. The minimum absolute atomic E-state index is 0.141. The zero-order valence-electron chi connectivity index (χ0n) is 11.4. The van der Waals surface area contributed by atoms with Crippen LogP contribution in [0.2, 0.25) is 0 Å². The van der Waals surface area contributed by atoms with Gasteiger partial charge in [-0.3, -0.25) is 0 Å². The molecular weight excluding hydrogens is 232 g/mol. The second-order valence-corrected chi connectivity index (χ2v) is 7.30. The lowest BCUT2D eigenvalue weighted by Crippen LogP contribution is -2.49. The van der Waals surface area contributed by atoms with Crippen LogP contribution in [0.4, 0.5) is 0 Å². The van der Waals surface area contributed by atoms with Gasteiger partial charge in [0.1, 0.15) is 6.29 Å². The van der Waals surface area contributed by atoms with Gasteiger partial charge in [-0.15, -0.1) is 0 Å². The summed E-state index contributed by atoms with van der Waals surface area (Å²) in [4.78, 5) is 11.8. The zero-order chi connectivity index (χ0) is 12.9. The number of benzene rings is 1. The van der Waals surface area contributed by atoms with Gasteiger partial charge < -0.3 is 4.79 Å². The Kier molecular flexibility index (Phi) is 2.58. The van der Waals surface area contributed by atoms with Gasteiger partial charge in [0.05, 0.1) is 0 Å². The fraction of sp³-hybridized carbons (Fsp3) is 0.611. The molecule has 4 aliphatic carbocycles. The Labute approximate surface area is 115 Å². The normalized spacial score (nSPS) is 41.2. The monoisotopic (exact) mass is 254 g/mol. The summed E-state index contributed by atoms with van der Waals surface area (Å²) in [6.45, 7) is 0. The van der Waals surface area contributed by atoms with E-state index in [1.54, 1.807) is 0 Å². The third-order valence-electron chi connectivity index (χ3n) is 6.04. The number of rotatable bonds is 3. The Bertz CT molecular complexity index is 440. The van der Waals surface area contributed by atoms with Crippen molar-refractivity contribution in [1.29, 1.82) is 0 Å². The summed E-state index contributed by atoms with van der Waals surface area (Å²) in [5, 5.41) is 0. The average Bonchev–Trinajstić information content (AvgIpc) is 2.38. The van der Waals surface area contributed by atoms with E-state index >= 15 is 0 Å². The number of carbonyl (C=O) groups is 1. The van der Waals surface area contributed by atoms with Crippen molar-refractivity contribution in [3.63, 3.8) is 0 Å². The SMILES string of the molecule is O=CC(c1ccccc1)C12CC3CC(CC(C3)C1)C2. The van der Waals surface area contributed by atoms with Crippen LogP contribution in [-0.2, 0) is 4.79 Å². The molecule has 0 heterocycles. The summed E-state index contributed by atoms with van der Waals surface area (Å²) in [5.41, 5.74) is 1.55. The summed E-state index contributed by atoms with van der Waals surface area (Å²) >= 11 is 0. The Morgan fingerprint density at radius 2 is 1.47 bits per heavy atom. The van der Waals surface area contributed by atoms with E-state index in [4.69, 9.17) is 0 Å². The first kappa shape index (κ1) is 11.7. The Balaban J connectivity index is 1.72. The third kappa shape index (κ3) is 1.78. The Morgan fingerprint density at radius 1 is 0.947 bits per heavy atom. The molecule has 4 bridgehead atoms. The largest absolute Gasteiger partial charge is 0.303 e. The predicted octanol–water partition coefficient (Wildman–Crippen LogP) is 4.19. The summed E-state index contributed by atoms with van der Waals surface area (Å²) in [7, 11) is 0. The highest BCUT2D eigenvalue weighted by atomic mass is 16.1. The van der Waals surface area contributed by atoms with Gasteiger partial charge >= 0.3 is 0 Å². The molecule has 1 heteroatoms. The van der Waals surface area contributed by atoms with E-state index in [2.05, 4.69) is 24.3 Å². The molecule has 19 heavy (non-hydrogen) atoms. The molecule has 4 aliphatic rings. The molecule has 1 unspecified atom stereocenters. The second-order valence-electron chi connectivity index (χ2n) is 7.30.